The van der Waals surface area contributed by atoms with Gasteiger partial charge in [-0.3, -0.25) is 10.1 Å². The van der Waals surface area contributed by atoms with Crippen LogP contribution in [0.15, 0.2) is 6.33 Å². The van der Waals surface area contributed by atoms with Crippen molar-refractivity contribution in [3.8, 4) is 0 Å². The van der Waals surface area contributed by atoms with Crippen molar-refractivity contribution >= 4 is 29.1 Å². The molecule has 1 rings (SSSR count). The molecule has 0 unspecified atom stereocenters. The first-order chi connectivity index (χ1) is 8.70. The van der Waals surface area contributed by atoms with Crippen LogP contribution in [0.3, 0.4) is 0 Å². The van der Waals surface area contributed by atoms with E-state index in [0.29, 0.717) is 6.54 Å². The maximum Gasteiger partial charge on any atom is 0.354 e. The Morgan fingerprint density at radius 2 is 2.17 bits per heavy atom. The Morgan fingerprint density at radius 3 is 2.78 bits per heavy atom. The largest absolute Gasteiger partial charge is 0.364 e. The second-order valence-electron chi connectivity index (χ2n) is 3.45. The second kappa shape index (κ2) is 7.67. The van der Waals surface area contributed by atoms with Crippen molar-refractivity contribution in [1.82, 2.24) is 9.97 Å². The van der Waals surface area contributed by atoms with Gasteiger partial charge in [0.15, 0.2) is 0 Å². The van der Waals surface area contributed by atoms with Crippen LogP contribution in [-0.2, 0) is 0 Å². The first-order valence-corrected chi connectivity index (χ1v) is 6.79. The average molecular weight is 272 g/mol. The van der Waals surface area contributed by atoms with E-state index >= 15 is 0 Å². The number of nitrogen functional groups attached to an aromatic ring is 1. The first-order valence-electron chi connectivity index (χ1n) is 5.39. The van der Waals surface area contributed by atoms with E-state index in [1.54, 1.807) is 11.8 Å². The number of aromatic nitrogens is 2. The van der Waals surface area contributed by atoms with E-state index in [-0.39, 0.29) is 17.3 Å². The van der Waals surface area contributed by atoms with Gasteiger partial charge in [-0.25, -0.2) is 15.8 Å². The molecule has 0 radical (unpaired) electrons. The van der Waals surface area contributed by atoms with Gasteiger partial charge in [0.2, 0.25) is 11.6 Å². The molecule has 0 atom stereocenters. The van der Waals surface area contributed by atoms with Gasteiger partial charge in [0.05, 0.1) is 4.92 Å². The van der Waals surface area contributed by atoms with E-state index in [0.717, 1.165) is 18.6 Å². The fraction of sp³-hybridized carbons (Fsp3) is 0.556. The molecular formula is C9H16N6O2S. The molecule has 0 amide bonds. The van der Waals surface area contributed by atoms with Gasteiger partial charge < -0.3 is 10.7 Å². The first kappa shape index (κ1) is 14.5. The van der Waals surface area contributed by atoms with Crippen molar-refractivity contribution in [3.05, 3.63) is 16.4 Å². The summed E-state index contributed by atoms with van der Waals surface area (Å²) in [6.45, 7) is 0.627. The number of hydrogen-bond donors (Lipinski definition) is 3. The maximum atomic E-state index is 10.9. The van der Waals surface area contributed by atoms with Crippen molar-refractivity contribution < 1.29 is 4.92 Å². The normalized spacial score (nSPS) is 10.1. The highest BCUT2D eigenvalue weighted by molar-refractivity contribution is 7.98. The van der Waals surface area contributed by atoms with E-state index in [1.165, 1.54) is 6.33 Å². The predicted octanol–water partition coefficient (Wildman–Crippen LogP) is 1.23. The van der Waals surface area contributed by atoms with Crippen LogP contribution in [0.2, 0.25) is 0 Å². The molecule has 0 bridgehead atoms. The van der Waals surface area contributed by atoms with Crippen LogP contribution in [0.25, 0.3) is 0 Å². The summed E-state index contributed by atoms with van der Waals surface area (Å²) in [5.74, 6) is 6.44. The summed E-state index contributed by atoms with van der Waals surface area (Å²) in [4.78, 5) is 17.9. The van der Waals surface area contributed by atoms with Crippen LogP contribution in [0.1, 0.15) is 12.8 Å². The molecule has 100 valence electrons. The number of hydrogen-bond acceptors (Lipinski definition) is 8. The van der Waals surface area contributed by atoms with Gasteiger partial charge in [0.25, 0.3) is 0 Å². The molecule has 8 nitrogen and oxygen atoms in total. The smallest absolute Gasteiger partial charge is 0.354 e. The van der Waals surface area contributed by atoms with Gasteiger partial charge in [0, 0.05) is 6.54 Å². The lowest BCUT2D eigenvalue weighted by Gasteiger charge is -2.07. The minimum Gasteiger partial charge on any atom is -0.364 e. The third-order valence-electron chi connectivity index (χ3n) is 2.21. The summed E-state index contributed by atoms with van der Waals surface area (Å²) in [6, 6.07) is 0. The lowest BCUT2D eigenvalue weighted by molar-refractivity contribution is -0.383. The third kappa shape index (κ3) is 4.00. The molecule has 18 heavy (non-hydrogen) atoms. The number of nitrogens with zero attached hydrogens (tertiary/aromatic N) is 3. The van der Waals surface area contributed by atoms with Crippen LogP contribution in [0.4, 0.5) is 17.3 Å². The van der Waals surface area contributed by atoms with Crippen LogP contribution in [0.5, 0.6) is 0 Å². The Kier molecular flexibility index (Phi) is 6.15. The summed E-state index contributed by atoms with van der Waals surface area (Å²) in [5.41, 5.74) is 1.96. The van der Waals surface area contributed by atoms with Crippen molar-refractivity contribution in [2.24, 2.45) is 5.84 Å². The maximum absolute atomic E-state index is 10.9. The van der Waals surface area contributed by atoms with Gasteiger partial charge in [-0.1, -0.05) is 0 Å². The summed E-state index contributed by atoms with van der Waals surface area (Å²) < 4.78 is 0. The van der Waals surface area contributed by atoms with Crippen molar-refractivity contribution in [1.29, 1.82) is 0 Å². The number of thioether (sulfide) groups is 1. The van der Waals surface area contributed by atoms with E-state index in [9.17, 15) is 10.1 Å². The van der Waals surface area contributed by atoms with Crippen LogP contribution >= 0.6 is 11.8 Å². The topological polar surface area (TPSA) is 119 Å². The SMILES string of the molecule is CSCCCCNc1ncnc(NN)c1[N+](=O)[O-]. The lowest BCUT2D eigenvalue weighted by atomic mass is 10.3. The van der Waals surface area contributed by atoms with Gasteiger partial charge in [0.1, 0.15) is 6.33 Å². The number of nitrogens with one attached hydrogen (secondary N) is 2. The fourth-order valence-electron chi connectivity index (χ4n) is 1.36. The van der Waals surface area contributed by atoms with E-state index in [1.807, 2.05) is 6.26 Å². The van der Waals surface area contributed by atoms with E-state index in [4.69, 9.17) is 5.84 Å². The summed E-state index contributed by atoms with van der Waals surface area (Å²) >= 11 is 1.77. The standard InChI is InChI=1S/C9H16N6O2S/c1-18-5-3-2-4-11-8-7(15(16)17)9(14-10)13-6-12-8/h6H,2-5,10H2,1H3,(H2,11,12,13,14). The molecule has 0 fully saturated rings. The molecule has 0 aliphatic rings. The number of nitro groups is 1. The third-order valence-corrected chi connectivity index (χ3v) is 2.91. The number of hydrazine groups is 1. The molecule has 0 aromatic carbocycles. The minimum atomic E-state index is -0.556. The van der Waals surface area contributed by atoms with Crippen LogP contribution in [-0.4, -0.2) is 33.4 Å². The predicted molar refractivity (Wildman–Crippen MR) is 72.6 cm³/mol. The minimum absolute atomic E-state index is 0.00149. The highest BCUT2D eigenvalue weighted by atomic mass is 32.2. The average Bonchev–Trinajstić information content (AvgIpc) is 2.37. The highest BCUT2D eigenvalue weighted by Crippen LogP contribution is 2.27. The quantitative estimate of drug-likeness (QED) is 0.280. The molecule has 4 N–H and O–H groups in total. The zero-order valence-corrected chi connectivity index (χ0v) is 10.9. The van der Waals surface area contributed by atoms with E-state index in [2.05, 4.69) is 20.7 Å². The molecule has 9 heteroatoms. The molecular weight excluding hydrogens is 256 g/mol. The highest BCUT2D eigenvalue weighted by Gasteiger charge is 2.21. The lowest BCUT2D eigenvalue weighted by Crippen LogP contribution is -2.14. The summed E-state index contributed by atoms with van der Waals surface area (Å²) in [7, 11) is 0. The van der Waals surface area contributed by atoms with Gasteiger partial charge in [-0.15, -0.1) is 0 Å². The molecule has 1 aromatic rings. The molecule has 0 aliphatic heterocycles. The number of rotatable bonds is 8. The van der Waals surface area contributed by atoms with Crippen LogP contribution < -0.4 is 16.6 Å². The number of unbranched alkanes of at least 4 members (excludes halogenated alkanes) is 1. The van der Waals surface area contributed by atoms with Gasteiger partial charge in [-0.2, -0.15) is 11.8 Å². The number of nitrogens with two attached hydrogens (primary N) is 1. The molecule has 0 spiro atoms. The Labute approximate surface area is 109 Å². The molecule has 1 aromatic heterocycles. The van der Waals surface area contributed by atoms with Gasteiger partial charge in [-0.05, 0) is 24.9 Å². The van der Waals surface area contributed by atoms with Gasteiger partial charge >= 0.3 is 5.69 Å². The van der Waals surface area contributed by atoms with Crippen molar-refractivity contribution in [2.75, 3.05) is 29.3 Å². The monoisotopic (exact) mass is 272 g/mol. The zero-order chi connectivity index (χ0) is 13.4. The van der Waals surface area contributed by atoms with Crippen molar-refractivity contribution in [3.63, 3.8) is 0 Å². The molecule has 0 aliphatic carbocycles. The Morgan fingerprint density at radius 1 is 1.44 bits per heavy atom. The summed E-state index contributed by atoms with van der Waals surface area (Å²) in [6.07, 6.45) is 5.25. The fourth-order valence-corrected chi connectivity index (χ4v) is 1.86. The Balaban J connectivity index is 2.67. The van der Waals surface area contributed by atoms with Crippen molar-refractivity contribution in [2.45, 2.75) is 12.8 Å². The Hall–Kier alpha value is -1.61. The zero-order valence-electron chi connectivity index (χ0n) is 10.0. The van der Waals surface area contributed by atoms with E-state index < -0.39 is 4.92 Å². The molecule has 0 saturated carbocycles. The second-order valence-corrected chi connectivity index (χ2v) is 4.43. The molecule has 1 heterocycles. The number of anilines is 2. The molecule has 0 saturated heterocycles. The van der Waals surface area contributed by atoms with Crippen LogP contribution in [0, 0.1) is 10.1 Å². The Bertz CT molecular complexity index is 403. The summed E-state index contributed by atoms with van der Waals surface area (Å²) in [5, 5.41) is 13.9.